The maximum Gasteiger partial charge on any atom is 0.258 e. The molecule has 1 aliphatic carbocycles. The number of likely N-dealkylation sites (tertiary alicyclic amines) is 1. The minimum atomic E-state index is -0.426. The van der Waals surface area contributed by atoms with E-state index < -0.39 is 5.82 Å². The molecule has 30 heavy (non-hydrogen) atoms. The van der Waals surface area contributed by atoms with Crippen molar-refractivity contribution >= 4 is 11.8 Å². The lowest BCUT2D eigenvalue weighted by Crippen LogP contribution is -2.39. The van der Waals surface area contributed by atoms with Gasteiger partial charge >= 0.3 is 0 Å². The number of hydrogen-bond acceptors (Lipinski definition) is 2. The zero-order chi connectivity index (χ0) is 21.1. The van der Waals surface area contributed by atoms with Gasteiger partial charge in [-0.15, -0.1) is 0 Å². The van der Waals surface area contributed by atoms with Gasteiger partial charge in [0.15, 0.2) is 0 Å². The predicted octanol–water partition coefficient (Wildman–Crippen LogP) is 5.02. The van der Waals surface area contributed by atoms with Gasteiger partial charge in [-0.05, 0) is 73.9 Å². The summed E-state index contributed by atoms with van der Waals surface area (Å²) in [4.78, 5) is 29.1. The van der Waals surface area contributed by atoms with Crippen molar-refractivity contribution in [1.82, 2.24) is 9.80 Å². The van der Waals surface area contributed by atoms with Crippen LogP contribution in [0.4, 0.5) is 4.39 Å². The Bertz CT molecular complexity index is 967. The predicted molar refractivity (Wildman–Crippen MR) is 114 cm³/mol. The molecule has 1 saturated heterocycles. The fourth-order valence-corrected chi connectivity index (χ4v) is 4.49. The summed E-state index contributed by atoms with van der Waals surface area (Å²) in [5, 5.41) is 0. The summed E-state index contributed by atoms with van der Waals surface area (Å²) < 4.78 is 13.4. The fourth-order valence-electron chi connectivity index (χ4n) is 4.49. The number of hydrogen-bond donors (Lipinski definition) is 0. The molecule has 1 atom stereocenters. The van der Waals surface area contributed by atoms with E-state index in [1.54, 1.807) is 18.0 Å². The summed E-state index contributed by atoms with van der Waals surface area (Å²) in [5.41, 5.74) is 3.13. The van der Waals surface area contributed by atoms with E-state index in [0.717, 1.165) is 24.9 Å². The number of amides is 2. The first-order valence-corrected chi connectivity index (χ1v) is 10.6. The zero-order valence-electron chi connectivity index (χ0n) is 17.3. The lowest BCUT2D eigenvalue weighted by molar-refractivity contribution is 0.0746. The molecule has 0 saturated carbocycles. The Morgan fingerprint density at radius 3 is 2.60 bits per heavy atom. The van der Waals surface area contributed by atoms with Crippen LogP contribution in [0.5, 0.6) is 0 Å². The van der Waals surface area contributed by atoms with Gasteiger partial charge < -0.3 is 9.80 Å². The Balaban J connectivity index is 1.43. The van der Waals surface area contributed by atoms with Crippen molar-refractivity contribution in [2.24, 2.45) is 5.92 Å². The van der Waals surface area contributed by atoms with E-state index >= 15 is 0 Å². The third-order valence-electron chi connectivity index (χ3n) is 6.06. The van der Waals surface area contributed by atoms with E-state index in [1.165, 1.54) is 43.2 Å². The lowest BCUT2D eigenvalue weighted by atomic mass is 9.84. The van der Waals surface area contributed by atoms with Crippen LogP contribution in [0.2, 0.25) is 0 Å². The maximum absolute atomic E-state index is 13.4. The number of carbonyl (C=O) groups is 2. The molecule has 0 aromatic heterocycles. The minimum absolute atomic E-state index is 0.0589. The van der Waals surface area contributed by atoms with E-state index in [-0.39, 0.29) is 11.8 Å². The van der Waals surface area contributed by atoms with Crippen molar-refractivity contribution in [1.29, 1.82) is 0 Å². The standard InChI is InChI=1S/C25H27FN2O2/c1-27(24(29)21-7-4-9-22(26)16-21)17-18-11-13-20(14-12-18)25(30)28-15-5-8-19-6-2-3-10-23(19)28/h4,7,9-14,16,19H,2-3,5-6,8,15,17H2,1H3. The van der Waals surface area contributed by atoms with Crippen molar-refractivity contribution in [3.63, 3.8) is 0 Å². The highest BCUT2D eigenvalue weighted by molar-refractivity contribution is 5.96. The minimum Gasteiger partial charge on any atom is -0.337 e. The molecular formula is C25H27FN2O2. The van der Waals surface area contributed by atoms with Gasteiger partial charge in [0.05, 0.1) is 0 Å². The average Bonchev–Trinajstić information content (AvgIpc) is 2.78. The van der Waals surface area contributed by atoms with E-state index in [1.807, 2.05) is 29.2 Å². The Kier molecular flexibility index (Phi) is 5.98. The molecular weight excluding hydrogens is 379 g/mol. The molecule has 0 N–H and O–H groups in total. The smallest absolute Gasteiger partial charge is 0.258 e. The molecule has 2 aromatic rings. The largest absolute Gasteiger partial charge is 0.337 e. The van der Waals surface area contributed by atoms with Crippen LogP contribution in [-0.2, 0) is 6.54 Å². The number of nitrogens with zero attached hydrogens (tertiary/aromatic N) is 2. The van der Waals surface area contributed by atoms with E-state index in [9.17, 15) is 14.0 Å². The molecule has 4 rings (SSSR count). The molecule has 0 radical (unpaired) electrons. The summed E-state index contributed by atoms with van der Waals surface area (Å²) in [6, 6.07) is 13.2. The summed E-state index contributed by atoms with van der Waals surface area (Å²) in [6.07, 6.45) is 7.93. The summed E-state index contributed by atoms with van der Waals surface area (Å²) >= 11 is 0. The number of carbonyl (C=O) groups excluding carboxylic acids is 2. The molecule has 1 fully saturated rings. The van der Waals surface area contributed by atoms with E-state index in [4.69, 9.17) is 0 Å². The number of fused-ring (bicyclic) bond motifs is 1. The second kappa shape index (κ2) is 8.82. The number of allylic oxidation sites excluding steroid dienone is 2. The number of halogens is 1. The Morgan fingerprint density at radius 1 is 1.07 bits per heavy atom. The second-order valence-electron chi connectivity index (χ2n) is 8.22. The van der Waals surface area contributed by atoms with Gasteiger partial charge in [-0.1, -0.05) is 24.3 Å². The summed E-state index contributed by atoms with van der Waals surface area (Å²) in [5.74, 6) is -0.0785. The molecule has 0 bridgehead atoms. The maximum atomic E-state index is 13.4. The van der Waals surface area contributed by atoms with E-state index in [2.05, 4.69) is 6.08 Å². The van der Waals surface area contributed by atoms with Gasteiger partial charge in [-0.2, -0.15) is 0 Å². The highest BCUT2D eigenvalue weighted by Crippen LogP contribution is 2.35. The fraction of sp³-hybridized carbons (Fsp3) is 0.360. The van der Waals surface area contributed by atoms with Crippen molar-refractivity contribution < 1.29 is 14.0 Å². The average molecular weight is 407 g/mol. The van der Waals surface area contributed by atoms with Gasteiger partial charge in [0.25, 0.3) is 11.8 Å². The molecule has 5 heteroatoms. The van der Waals surface area contributed by atoms with Crippen LogP contribution >= 0.6 is 0 Å². The highest BCUT2D eigenvalue weighted by Gasteiger charge is 2.30. The van der Waals surface area contributed by atoms with Gasteiger partial charge in [0, 0.05) is 37.0 Å². The van der Waals surface area contributed by atoms with Crippen LogP contribution in [0.1, 0.15) is 58.4 Å². The lowest BCUT2D eigenvalue weighted by Gasteiger charge is -2.38. The Morgan fingerprint density at radius 2 is 1.83 bits per heavy atom. The Hall–Kier alpha value is -2.95. The first-order valence-electron chi connectivity index (χ1n) is 10.6. The molecule has 1 heterocycles. The molecule has 2 aliphatic rings. The van der Waals surface area contributed by atoms with E-state index in [0.29, 0.717) is 23.6 Å². The van der Waals surface area contributed by atoms with Crippen molar-refractivity contribution in [3.05, 3.63) is 82.8 Å². The normalized spacial score (nSPS) is 18.4. The number of benzene rings is 2. The number of piperidine rings is 1. The third-order valence-corrected chi connectivity index (χ3v) is 6.06. The van der Waals surface area contributed by atoms with Gasteiger partial charge in [-0.25, -0.2) is 4.39 Å². The Labute approximate surface area is 177 Å². The van der Waals surface area contributed by atoms with Gasteiger partial charge in [-0.3, -0.25) is 9.59 Å². The van der Waals surface area contributed by atoms with Crippen LogP contribution in [0.15, 0.2) is 60.3 Å². The van der Waals surface area contributed by atoms with Gasteiger partial charge in [0.1, 0.15) is 5.82 Å². The quantitative estimate of drug-likeness (QED) is 0.715. The van der Waals surface area contributed by atoms with Crippen LogP contribution < -0.4 is 0 Å². The van der Waals surface area contributed by atoms with Crippen molar-refractivity contribution in [3.8, 4) is 0 Å². The van der Waals surface area contributed by atoms with Gasteiger partial charge in [0.2, 0.25) is 0 Å². The molecule has 156 valence electrons. The summed E-state index contributed by atoms with van der Waals surface area (Å²) in [7, 11) is 1.69. The van der Waals surface area contributed by atoms with Crippen LogP contribution in [0, 0.1) is 11.7 Å². The topological polar surface area (TPSA) is 40.6 Å². The monoisotopic (exact) mass is 406 g/mol. The molecule has 4 nitrogen and oxygen atoms in total. The summed E-state index contributed by atoms with van der Waals surface area (Å²) in [6.45, 7) is 1.18. The SMILES string of the molecule is CN(Cc1ccc(C(=O)N2CCCC3CCCC=C32)cc1)C(=O)c1cccc(F)c1. The molecule has 0 spiro atoms. The van der Waals surface area contributed by atoms with Crippen LogP contribution in [0.3, 0.4) is 0 Å². The van der Waals surface area contributed by atoms with Crippen molar-refractivity contribution in [2.75, 3.05) is 13.6 Å². The second-order valence-corrected chi connectivity index (χ2v) is 8.22. The van der Waals surface area contributed by atoms with Crippen LogP contribution in [0.25, 0.3) is 0 Å². The molecule has 1 unspecified atom stereocenters. The first-order chi connectivity index (χ1) is 14.5. The third kappa shape index (κ3) is 4.30. The van der Waals surface area contributed by atoms with Crippen LogP contribution in [-0.4, -0.2) is 35.2 Å². The molecule has 1 aliphatic heterocycles. The zero-order valence-corrected chi connectivity index (χ0v) is 17.3. The van der Waals surface area contributed by atoms with Crippen molar-refractivity contribution in [2.45, 2.75) is 38.6 Å². The molecule has 2 amide bonds. The number of rotatable bonds is 4. The first kappa shape index (κ1) is 20.3. The highest BCUT2D eigenvalue weighted by atomic mass is 19.1. The molecule has 2 aromatic carbocycles.